The monoisotopic (exact) mass is 377 g/mol. The molecule has 1 N–H and O–H groups in total. The Morgan fingerprint density at radius 2 is 2.04 bits per heavy atom. The second-order valence-electron chi connectivity index (χ2n) is 7.09. The van der Waals surface area contributed by atoms with E-state index >= 15 is 0 Å². The highest BCUT2D eigenvalue weighted by molar-refractivity contribution is 6.30. The molecule has 0 radical (unpaired) electrons. The number of amides is 1. The van der Waals surface area contributed by atoms with Crippen molar-refractivity contribution in [1.82, 2.24) is 4.90 Å². The van der Waals surface area contributed by atoms with Crippen LogP contribution < -0.4 is 0 Å². The summed E-state index contributed by atoms with van der Waals surface area (Å²) in [5, 5.41) is 10.5. The van der Waals surface area contributed by atoms with E-state index in [0.29, 0.717) is 10.6 Å². The molecular weight excluding hydrogens is 352 g/mol. The van der Waals surface area contributed by atoms with E-state index < -0.39 is 29.8 Å². The van der Waals surface area contributed by atoms with Gasteiger partial charge in [-0.1, -0.05) is 11.6 Å². The molecule has 0 heterocycles. The lowest BCUT2D eigenvalue weighted by Gasteiger charge is -2.28. The van der Waals surface area contributed by atoms with Crippen molar-refractivity contribution in [2.75, 3.05) is 13.1 Å². The number of carbonyl (C=O) groups is 1. The summed E-state index contributed by atoms with van der Waals surface area (Å²) >= 11 is 5.83. The third-order valence-electron chi connectivity index (χ3n) is 3.32. The molecule has 4 nitrogen and oxygen atoms in total. The van der Waals surface area contributed by atoms with Crippen molar-refractivity contribution in [2.45, 2.75) is 58.4 Å². The van der Waals surface area contributed by atoms with Crippen molar-refractivity contribution in [2.24, 2.45) is 0 Å². The summed E-state index contributed by atoms with van der Waals surface area (Å²) in [5.74, 6) is -0.454. The third kappa shape index (κ3) is 8.50. The van der Waals surface area contributed by atoms with Crippen molar-refractivity contribution in [3.8, 4) is 0 Å². The van der Waals surface area contributed by atoms with Gasteiger partial charge in [-0.3, -0.25) is 0 Å². The largest absolute Gasteiger partial charge is 0.444 e. The summed E-state index contributed by atoms with van der Waals surface area (Å²) in [6.45, 7) is 6.48. The molecule has 7 heteroatoms. The summed E-state index contributed by atoms with van der Waals surface area (Å²) < 4.78 is 32.3. The molecule has 0 fully saturated rings. The summed E-state index contributed by atoms with van der Waals surface area (Å²) in [6.07, 6.45) is -2.54. The number of aliphatic hydroxyl groups excluding tert-OH is 1. The molecule has 0 spiro atoms. The van der Waals surface area contributed by atoms with Crippen LogP contribution in [-0.4, -0.2) is 47.1 Å². The topological polar surface area (TPSA) is 49.8 Å². The minimum Gasteiger partial charge on any atom is -0.444 e. The Balaban J connectivity index is 2.65. The average Bonchev–Trinajstić information content (AvgIpc) is 2.45. The van der Waals surface area contributed by atoms with Crippen LogP contribution in [0, 0.1) is 5.82 Å². The zero-order valence-electron chi connectivity index (χ0n) is 15.1. The van der Waals surface area contributed by atoms with Crippen LogP contribution in [0.15, 0.2) is 18.2 Å². The van der Waals surface area contributed by atoms with Crippen LogP contribution in [0.2, 0.25) is 5.02 Å². The Morgan fingerprint density at radius 3 is 2.60 bits per heavy atom. The average molecular weight is 378 g/mol. The van der Waals surface area contributed by atoms with Gasteiger partial charge < -0.3 is 14.7 Å². The molecule has 1 aromatic carbocycles. The van der Waals surface area contributed by atoms with E-state index in [4.69, 9.17) is 16.3 Å². The SMILES string of the molecule is CC(F)CN(CCC(O)Cc1cc(Cl)ccc1F)C(=O)OC(C)(C)C. The molecule has 2 atom stereocenters. The van der Waals surface area contributed by atoms with E-state index in [9.17, 15) is 18.7 Å². The van der Waals surface area contributed by atoms with Crippen LogP contribution >= 0.6 is 11.6 Å². The van der Waals surface area contributed by atoms with Crippen LogP contribution in [0.3, 0.4) is 0 Å². The lowest BCUT2D eigenvalue weighted by molar-refractivity contribution is 0.0180. The number of halogens is 3. The predicted molar refractivity (Wildman–Crippen MR) is 94.1 cm³/mol. The molecule has 1 aromatic rings. The fraction of sp³-hybridized carbons (Fsp3) is 0.611. The Labute approximate surface area is 152 Å². The molecule has 2 unspecified atom stereocenters. The van der Waals surface area contributed by atoms with Gasteiger partial charge in [0.15, 0.2) is 0 Å². The van der Waals surface area contributed by atoms with Gasteiger partial charge in [0.1, 0.15) is 17.6 Å². The Kier molecular flexibility index (Phi) is 8.09. The summed E-state index contributed by atoms with van der Waals surface area (Å²) in [4.78, 5) is 13.4. The smallest absolute Gasteiger partial charge is 0.410 e. The Morgan fingerprint density at radius 1 is 1.40 bits per heavy atom. The van der Waals surface area contributed by atoms with Gasteiger partial charge in [-0.15, -0.1) is 0 Å². The van der Waals surface area contributed by atoms with E-state index in [1.165, 1.54) is 30.0 Å². The zero-order valence-corrected chi connectivity index (χ0v) is 15.8. The van der Waals surface area contributed by atoms with Gasteiger partial charge in [-0.25, -0.2) is 13.6 Å². The molecule has 0 bridgehead atoms. The fourth-order valence-electron chi connectivity index (χ4n) is 2.25. The van der Waals surface area contributed by atoms with Crippen LogP contribution in [0.5, 0.6) is 0 Å². The molecular formula is C18H26ClF2NO3. The molecule has 0 saturated heterocycles. The number of aliphatic hydroxyl groups is 1. The molecule has 1 amide bonds. The van der Waals surface area contributed by atoms with E-state index in [-0.39, 0.29) is 25.9 Å². The lowest BCUT2D eigenvalue weighted by atomic mass is 10.0. The first-order valence-electron chi connectivity index (χ1n) is 8.22. The highest BCUT2D eigenvalue weighted by Gasteiger charge is 2.24. The highest BCUT2D eigenvalue weighted by Crippen LogP contribution is 2.18. The number of ether oxygens (including phenoxy) is 1. The third-order valence-corrected chi connectivity index (χ3v) is 3.55. The standard InChI is InChI=1S/C18H26ClF2NO3/c1-12(20)11-22(17(24)25-18(2,3)4)8-7-15(23)10-13-9-14(19)5-6-16(13)21/h5-6,9,12,15,23H,7-8,10-11H2,1-4H3. The minimum atomic E-state index is -1.23. The zero-order chi connectivity index (χ0) is 19.2. The van der Waals surface area contributed by atoms with Crippen LogP contribution in [0.1, 0.15) is 39.7 Å². The van der Waals surface area contributed by atoms with Crippen LogP contribution in [-0.2, 0) is 11.2 Å². The molecule has 0 aliphatic carbocycles. The first-order chi connectivity index (χ1) is 11.5. The minimum absolute atomic E-state index is 0.0553. The van der Waals surface area contributed by atoms with Crippen molar-refractivity contribution in [3.05, 3.63) is 34.6 Å². The van der Waals surface area contributed by atoms with Crippen LogP contribution in [0.4, 0.5) is 13.6 Å². The number of nitrogens with zero attached hydrogens (tertiary/aromatic N) is 1. The molecule has 0 aromatic heterocycles. The number of hydrogen-bond acceptors (Lipinski definition) is 3. The number of carbonyl (C=O) groups excluding carboxylic acids is 1. The molecule has 25 heavy (non-hydrogen) atoms. The molecule has 0 aliphatic rings. The first kappa shape index (κ1) is 21.6. The number of alkyl halides is 1. The van der Waals surface area contributed by atoms with Gasteiger partial charge in [-0.05, 0) is 57.9 Å². The normalized spacial score (nSPS) is 14.1. The molecule has 1 rings (SSSR count). The number of benzene rings is 1. The summed E-state index contributed by atoms with van der Waals surface area (Å²) in [6, 6.07) is 4.12. The van der Waals surface area contributed by atoms with E-state index in [2.05, 4.69) is 0 Å². The van der Waals surface area contributed by atoms with Gasteiger partial charge in [-0.2, -0.15) is 0 Å². The maximum atomic E-state index is 13.7. The van der Waals surface area contributed by atoms with Crippen molar-refractivity contribution in [1.29, 1.82) is 0 Å². The molecule has 142 valence electrons. The van der Waals surface area contributed by atoms with Gasteiger partial charge in [0, 0.05) is 18.0 Å². The summed E-state index contributed by atoms with van der Waals surface area (Å²) in [5.41, 5.74) is -0.403. The van der Waals surface area contributed by atoms with E-state index in [1.54, 1.807) is 20.8 Å². The molecule has 0 saturated carbocycles. The summed E-state index contributed by atoms with van der Waals surface area (Å²) in [7, 11) is 0. The van der Waals surface area contributed by atoms with E-state index in [1.807, 2.05) is 0 Å². The maximum Gasteiger partial charge on any atom is 0.410 e. The highest BCUT2D eigenvalue weighted by atomic mass is 35.5. The maximum absolute atomic E-state index is 13.7. The van der Waals surface area contributed by atoms with Crippen molar-refractivity contribution >= 4 is 17.7 Å². The molecule has 0 aliphatic heterocycles. The quantitative estimate of drug-likeness (QED) is 0.767. The second kappa shape index (κ2) is 9.34. The second-order valence-corrected chi connectivity index (χ2v) is 7.53. The van der Waals surface area contributed by atoms with Gasteiger partial charge in [0.05, 0.1) is 12.6 Å². The van der Waals surface area contributed by atoms with E-state index in [0.717, 1.165) is 0 Å². The van der Waals surface area contributed by atoms with Gasteiger partial charge in [0.2, 0.25) is 0 Å². The number of hydrogen-bond donors (Lipinski definition) is 1. The Bertz CT molecular complexity index is 576. The fourth-order valence-corrected chi connectivity index (χ4v) is 2.44. The first-order valence-corrected chi connectivity index (χ1v) is 8.59. The Hall–Kier alpha value is -1.40. The van der Waals surface area contributed by atoms with Crippen molar-refractivity contribution < 1.29 is 23.4 Å². The van der Waals surface area contributed by atoms with Crippen molar-refractivity contribution in [3.63, 3.8) is 0 Å². The predicted octanol–water partition coefficient (Wildman–Crippen LogP) is 4.37. The van der Waals surface area contributed by atoms with Gasteiger partial charge in [0.25, 0.3) is 0 Å². The van der Waals surface area contributed by atoms with Gasteiger partial charge >= 0.3 is 6.09 Å². The van der Waals surface area contributed by atoms with Crippen LogP contribution in [0.25, 0.3) is 0 Å². The lowest BCUT2D eigenvalue weighted by Crippen LogP contribution is -2.41. The number of rotatable bonds is 7.